The minimum absolute atomic E-state index is 0.383. The molecule has 0 fully saturated rings. The Hall–Kier alpha value is -3.86. The number of hydrogen-bond donors (Lipinski definition) is 1. The van der Waals surface area contributed by atoms with Crippen LogP contribution in [0.5, 0.6) is 0 Å². The number of hydrogen-bond acceptors (Lipinski definition) is 4. The number of rotatable bonds is 2. The van der Waals surface area contributed by atoms with E-state index in [1.165, 1.54) is 0 Å². The maximum atomic E-state index is 12.5. The van der Waals surface area contributed by atoms with Gasteiger partial charge in [-0.3, -0.25) is 0 Å². The average molecular weight is 395 g/mol. The van der Waals surface area contributed by atoms with Gasteiger partial charge in [-0.1, -0.05) is 30.3 Å². The number of oxazole rings is 1. The molecule has 30 heavy (non-hydrogen) atoms. The molecule has 0 bridgehead atoms. The van der Waals surface area contributed by atoms with Gasteiger partial charge in [-0.15, -0.1) is 0 Å². The fourth-order valence-electron chi connectivity index (χ4n) is 3.89. The molecule has 4 aromatic rings. The van der Waals surface area contributed by atoms with Gasteiger partial charge in [-0.05, 0) is 54.5 Å². The number of fused-ring (bicyclic) bond motifs is 3. The quantitative estimate of drug-likeness (QED) is 0.498. The molecule has 0 unspecified atom stereocenters. The van der Waals surface area contributed by atoms with Gasteiger partial charge in [0.05, 0.1) is 11.0 Å². The molecule has 1 N–H and O–H groups in total. The molecule has 0 atom stereocenters. The monoisotopic (exact) mass is 395 g/mol. The van der Waals surface area contributed by atoms with E-state index < -0.39 is 0 Å². The van der Waals surface area contributed by atoms with Crippen molar-refractivity contribution in [3.63, 3.8) is 0 Å². The summed E-state index contributed by atoms with van der Waals surface area (Å²) in [4.78, 5) is 22.4. The Morgan fingerprint density at radius 3 is 2.53 bits per heavy atom. The molecule has 0 saturated carbocycles. The Morgan fingerprint density at radius 1 is 1.00 bits per heavy atom. The van der Waals surface area contributed by atoms with Gasteiger partial charge in [0, 0.05) is 36.1 Å². The molecule has 5 nitrogen and oxygen atoms in total. The fraction of sp³-hybridized carbons (Fsp3) is 0.120. The van der Waals surface area contributed by atoms with Crippen LogP contribution >= 0.6 is 0 Å². The normalized spacial score (nSPS) is 13.6. The van der Waals surface area contributed by atoms with Crippen LogP contribution in [-0.4, -0.2) is 19.1 Å². The first-order valence-electron chi connectivity index (χ1n) is 9.81. The number of aromatic nitrogens is 1. The smallest absolute Gasteiger partial charge is 0.361 e. The molecule has 148 valence electrons. The van der Waals surface area contributed by atoms with Crippen molar-refractivity contribution in [2.45, 2.75) is 6.92 Å². The van der Waals surface area contributed by atoms with Crippen LogP contribution in [0.4, 0.5) is 11.4 Å². The highest BCUT2D eigenvalue weighted by Crippen LogP contribution is 2.34. The van der Waals surface area contributed by atoms with Crippen molar-refractivity contribution in [3.8, 4) is 11.1 Å². The summed E-state index contributed by atoms with van der Waals surface area (Å²) in [5, 5.41) is 2.23. The molecule has 5 heteroatoms. The van der Waals surface area contributed by atoms with E-state index in [1.54, 1.807) is 0 Å². The molecule has 0 aliphatic carbocycles. The Kier molecular flexibility index (Phi) is 4.17. The lowest BCUT2D eigenvalue weighted by molar-refractivity contribution is 0.489. The summed E-state index contributed by atoms with van der Waals surface area (Å²) in [7, 11) is 3.99. The van der Waals surface area contributed by atoms with Crippen molar-refractivity contribution in [3.05, 3.63) is 104 Å². The van der Waals surface area contributed by atoms with Crippen molar-refractivity contribution >= 4 is 17.5 Å². The number of H-pyrrole nitrogens is 1. The van der Waals surface area contributed by atoms with E-state index in [4.69, 9.17) is 9.41 Å². The molecule has 0 spiro atoms. The Balaban J connectivity index is 1.69. The summed E-state index contributed by atoms with van der Waals surface area (Å²) in [5.41, 5.74) is 6.31. The highest BCUT2D eigenvalue weighted by molar-refractivity contribution is 5.81. The number of anilines is 1. The van der Waals surface area contributed by atoms with Crippen molar-refractivity contribution in [2.75, 3.05) is 19.0 Å². The van der Waals surface area contributed by atoms with Crippen LogP contribution in [0.1, 0.15) is 11.1 Å². The minimum atomic E-state index is -0.383. The Labute approximate surface area is 173 Å². The van der Waals surface area contributed by atoms with Crippen molar-refractivity contribution in [2.24, 2.45) is 4.99 Å². The van der Waals surface area contributed by atoms with Crippen LogP contribution in [0.25, 0.3) is 17.2 Å². The lowest BCUT2D eigenvalue weighted by atomic mass is 9.99. The zero-order valence-electron chi connectivity index (χ0n) is 17.1. The third-order valence-electron chi connectivity index (χ3n) is 5.49. The largest absolute Gasteiger partial charge is 0.404 e. The Morgan fingerprint density at radius 2 is 1.77 bits per heavy atom. The fourth-order valence-corrected chi connectivity index (χ4v) is 3.89. The van der Waals surface area contributed by atoms with Gasteiger partial charge in [-0.25, -0.2) is 9.79 Å². The van der Waals surface area contributed by atoms with Crippen molar-refractivity contribution in [1.29, 1.82) is 0 Å². The second-order valence-corrected chi connectivity index (χ2v) is 7.65. The van der Waals surface area contributed by atoms with E-state index >= 15 is 0 Å². The van der Waals surface area contributed by atoms with Gasteiger partial charge in [0.2, 0.25) is 5.55 Å². The number of aromatic amines is 1. The standard InChI is InChI=1S/C25H21N3O2/c1-15-18(12-13-21-23(15)19-6-4-5-7-20(19)26-21)24-27-22(25(29)30-24)14-16-8-10-17(11-9-16)28(2)3/h4-14,27H,1-3H3/b22-14+,24-18-. The zero-order chi connectivity index (χ0) is 20.8. The second kappa shape index (κ2) is 6.88. The zero-order valence-corrected chi connectivity index (χ0v) is 17.1. The van der Waals surface area contributed by atoms with Gasteiger partial charge in [0.25, 0.3) is 0 Å². The van der Waals surface area contributed by atoms with E-state index in [2.05, 4.69) is 11.1 Å². The molecule has 0 radical (unpaired) electrons. The highest BCUT2D eigenvalue weighted by Gasteiger charge is 2.16. The average Bonchev–Trinajstić information content (AvgIpc) is 3.29. The second-order valence-electron chi connectivity index (χ2n) is 7.65. The summed E-state index contributed by atoms with van der Waals surface area (Å²) in [6.45, 7) is 2.04. The molecule has 2 heterocycles. The first-order valence-corrected chi connectivity index (χ1v) is 9.81. The number of nitrogens with one attached hydrogen (secondary N) is 1. The van der Waals surface area contributed by atoms with Crippen LogP contribution in [0, 0.1) is 17.7 Å². The van der Waals surface area contributed by atoms with Crippen LogP contribution in [0.2, 0.25) is 0 Å². The van der Waals surface area contributed by atoms with E-state index in [0.29, 0.717) is 10.9 Å². The van der Waals surface area contributed by atoms with E-state index in [0.717, 1.165) is 44.2 Å². The van der Waals surface area contributed by atoms with Crippen LogP contribution in [-0.2, 0) is 0 Å². The van der Waals surface area contributed by atoms with Crippen LogP contribution in [0.15, 0.2) is 74.9 Å². The molecule has 3 aromatic carbocycles. The maximum Gasteiger partial charge on any atom is 0.361 e. The summed E-state index contributed by atoms with van der Waals surface area (Å²) in [6.07, 6.45) is 1.81. The molecule has 0 amide bonds. The van der Waals surface area contributed by atoms with Crippen molar-refractivity contribution < 1.29 is 4.42 Å². The summed E-state index contributed by atoms with van der Waals surface area (Å²) in [5.74, 6) is 0. The third kappa shape index (κ3) is 2.95. The third-order valence-corrected chi connectivity index (χ3v) is 5.49. The minimum Gasteiger partial charge on any atom is -0.404 e. The predicted molar refractivity (Wildman–Crippen MR) is 118 cm³/mol. The summed E-state index contributed by atoms with van der Waals surface area (Å²) in [6, 6.07) is 20.0. The van der Waals surface area contributed by atoms with Gasteiger partial charge in [-0.2, -0.15) is 0 Å². The van der Waals surface area contributed by atoms with E-state index in [-0.39, 0.29) is 5.63 Å². The van der Waals surface area contributed by atoms with Gasteiger partial charge >= 0.3 is 5.63 Å². The van der Waals surface area contributed by atoms with E-state index in [1.807, 2.05) is 86.6 Å². The predicted octanol–water partition coefficient (Wildman–Crippen LogP) is 3.39. The number of para-hydroxylation sites is 1. The molecular formula is C25H21N3O2. The lowest BCUT2D eigenvalue weighted by Crippen LogP contribution is -2.20. The first kappa shape index (κ1) is 18.2. The molecule has 1 aromatic heterocycles. The van der Waals surface area contributed by atoms with Crippen LogP contribution in [0.3, 0.4) is 0 Å². The van der Waals surface area contributed by atoms with Crippen LogP contribution < -0.4 is 21.2 Å². The van der Waals surface area contributed by atoms with Gasteiger partial charge in [0.1, 0.15) is 5.35 Å². The van der Waals surface area contributed by atoms with Gasteiger partial charge < -0.3 is 14.3 Å². The molecule has 5 rings (SSSR count). The summed E-state index contributed by atoms with van der Waals surface area (Å²) >= 11 is 0. The first-order chi connectivity index (χ1) is 14.5. The molecule has 0 saturated heterocycles. The molecule has 1 aliphatic heterocycles. The number of nitrogens with zero attached hydrogens (tertiary/aromatic N) is 2. The topological polar surface area (TPSA) is 61.6 Å². The van der Waals surface area contributed by atoms with Crippen molar-refractivity contribution in [1.82, 2.24) is 4.98 Å². The van der Waals surface area contributed by atoms with E-state index in [9.17, 15) is 4.79 Å². The maximum absolute atomic E-state index is 12.5. The SMILES string of the molecule is Cc1c2c(cc/c1=c1\[nH]/c(=C/c3ccc(N(C)C)cc3)c(=O)o1)=Nc1ccccc1-2. The highest BCUT2D eigenvalue weighted by atomic mass is 16.4. The summed E-state index contributed by atoms with van der Waals surface area (Å²) < 4.78 is 5.58. The molecule has 1 aliphatic rings. The lowest BCUT2D eigenvalue weighted by Gasteiger charge is -2.11. The Bertz CT molecular complexity index is 1540. The van der Waals surface area contributed by atoms with Gasteiger partial charge in [0.15, 0.2) is 0 Å². The number of benzene rings is 3. The molecular weight excluding hydrogens is 374 g/mol.